The number of anilines is 1. The van der Waals surface area contributed by atoms with E-state index in [-0.39, 0.29) is 17.6 Å². The maximum atomic E-state index is 12.4. The maximum Gasteiger partial charge on any atom is 0.267 e. The van der Waals surface area contributed by atoms with Gasteiger partial charge in [0.15, 0.2) is 5.82 Å². The standard InChI is InChI=1S/C16H9N3O2/c20-15-11-6-2-3-7-12(11)16(21)19(15)14-9-10-5-1-4-8-13(10)17-18-14/h1-9H. The van der Waals surface area contributed by atoms with Crippen LogP contribution in [0.15, 0.2) is 54.6 Å². The molecular formula is C16H9N3O2. The van der Waals surface area contributed by atoms with Crippen LogP contribution in [0.5, 0.6) is 0 Å². The van der Waals surface area contributed by atoms with Crippen molar-refractivity contribution in [2.24, 2.45) is 0 Å². The Kier molecular flexibility index (Phi) is 2.35. The van der Waals surface area contributed by atoms with Crippen molar-refractivity contribution in [2.75, 3.05) is 4.90 Å². The van der Waals surface area contributed by atoms with Gasteiger partial charge < -0.3 is 0 Å². The van der Waals surface area contributed by atoms with Gasteiger partial charge in [0.1, 0.15) is 0 Å². The van der Waals surface area contributed by atoms with Crippen molar-refractivity contribution in [3.8, 4) is 0 Å². The molecule has 0 saturated heterocycles. The molecule has 0 fully saturated rings. The van der Waals surface area contributed by atoms with Gasteiger partial charge in [-0.25, -0.2) is 4.90 Å². The maximum absolute atomic E-state index is 12.4. The van der Waals surface area contributed by atoms with E-state index in [9.17, 15) is 9.59 Å². The summed E-state index contributed by atoms with van der Waals surface area (Å²) in [5.41, 5.74) is 1.52. The van der Waals surface area contributed by atoms with Crippen LogP contribution in [0.2, 0.25) is 0 Å². The van der Waals surface area contributed by atoms with E-state index in [2.05, 4.69) is 10.2 Å². The Hall–Kier alpha value is -3.08. The smallest absolute Gasteiger partial charge is 0.267 e. The van der Waals surface area contributed by atoms with Crippen LogP contribution in [0, 0.1) is 0 Å². The zero-order valence-electron chi connectivity index (χ0n) is 10.9. The molecule has 0 spiro atoms. The molecule has 0 radical (unpaired) electrons. The molecule has 21 heavy (non-hydrogen) atoms. The lowest BCUT2D eigenvalue weighted by molar-refractivity contribution is 0.0925. The number of nitrogens with zero attached hydrogens (tertiary/aromatic N) is 3. The van der Waals surface area contributed by atoms with Crippen molar-refractivity contribution in [3.05, 3.63) is 65.7 Å². The third kappa shape index (κ3) is 1.64. The number of aromatic nitrogens is 2. The van der Waals surface area contributed by atoms with E-state index in [1.165, 1.54) is 0 Å². The Labute approximate surface area is 119 Å². The van der Waals surface area contributed by atoms with E-state index < -0.39 is 0 Å². The SMILES string of the molecule is O=C1c2ccccc2C(=O)N1c1cc2ccccc2nn1. The minimum atomic E-state index is -0.361. The average molecular weight is 275 g/mol. The van der Waals surface area contributed by atoms with Gasteiger partial charge in [-0.3, -0.25) is 9.59 Å². The summed E-state index contributed by atoms with van der Waals surface area (Å²) < 4.78 is 0. The van der Waals surface area contributed by atoms with Crippen LogP contribution in [0.3, 0.4) is 0 Å². The number of carbonyl (C=O) groups is 2. The van der Waals surface area contributed by atoms with Gasteiger partial charge in [0.25, 0.3) is 11.8 Å². The normalized spacial score (nSPS) is 13.8. The first-order chi connectivity index (χ1) is 10.3. The number of carbonyl (C=O) groups excluding carboxylic acids is 2. The molecule has 100 valence electrons. The minimum absolute atomic E-state index is 0.250. The molecule has 0 N–H and O–H groups in total. The van der Waals surface area contributed by atoms with Gasteiger partial charge in [0.2, 0.25) is 0 Å². The monoisotopic (exact) mass is 275 g/mol. The molecule has 2 amide bonds. The van der Waals surface area contributed by atoms with Crippen LogP contribution in [0.4, 0.5) is 5.82 Å². The molecular weight excluding hydrogens is 266 g/mol. The highest BCUT2D eigenvalue weighted by molar-refractivity contribution is 6.34. The lowest BCUT2D eigenvalue weighted by Gasteiger charge is -2.12. The Bertz CT molecular complexity index is 870. The number of imide groups is 1. The summed E-state index contributed by atoms with van der Waals surface area (Å²) in [5.74, 6) is -0.472. The van der Waals surface area contributed by atoms with Gasteiger partial charge >= 0.3 is 0 Å². The van der Waals surface area contributed by atoms with E-state index >= 15 is 0 Å². The van der Waals surface area contributed by atoms with E-state index in [4.69, 9.17) is 0 Å². The van der Waals surface area contributed by atoms with Crippen molar-refractivity contribution in [1.29, 1.82) is 0 Å². The number of fused-ring (bicyclic) bond motifs is 2. The van der Waals surface area contributed by atoms with Crippen LogP contribution in [0.1, 0.15) is 20.7 Å². The lowest BCUT2D eigenvalue weighted by atomic mass is 10.1. The first kappa shape index (κ1) is 11.7. The second kappa shape index (κ2) is 4.21. The van der Waals surface area contributed by atoms with Crippen molar-refractivity contribution >= 4 is 28.5 Å². The van der Waals surface area contributed by atoms with Crippen LogP contribution >= 0.6 is 0 Å². The molecule has 1 aliphatic heterocycles. The molecule has 1 aliphatic rings. The van der Waals surface area contributed by atoms with Gasteiger partial charge in [0, 0.05) is 5.39 Å². The Morgan fingerprint density at radius 1 is 0.762 bits per heavy atom. The van der Waals surface area contributed by atoms with Crippen LogP contribution in [-0.2, 0) is 0 Å². The molecule has 0 atom stereocenters. The molecule has 0 unspecified atom stereocenters. The molecule has 3 aromatic rings. The lowest BCUT2D eigenvalue weighted by Crippen LogP contribution is -2.30. The minimum Gasteiger partial charge on any atom is -0.268 e. The first-order valence-corrected chi connectivity index (χ1v) is 6.46. The molecule has 5 heteroatoms. The van der Waals surface area contributed by atoms with Gasteiger partial charge in [-0.05, 0) is 24.3 Å². The number of benzene rings is 2. The fraction of sp³-hybridized carbons (Fsp3) is 0. The summed E-state index contributed by atoms with van der Waals surface area (Å²) in [6.45, 7) is 0. The molecule has 4 rings (SSSR count). The molecule has 2 heterocycles. The summed E-state index contributed by atoms with van der Waals surface area (Å²) in [5, 5.41) is 8.90. The van der Waals surface area contributed by atoms with Crippen molar-refractivity contribution in [2.45, 2.75) is 0 Å². The van der Waals surface area contributed by atoms with E-state index in [0.29, 0.717) is 11.1 Å². The second-order valence-corrected chi connectivity index (χ2v) is 4.75. The predicted molar refractivity (Wildman–Crippen MR) is 77.1 cm³/mol. The van der Waals surface area contributed by atoms with E-state index in [1.54, 1.807) is 30.3 Å². The van der Waals surface area contributed by atoms with Crippen LogP contribution in [-0.4, -0.2) is 22.0 Å². The number of hydrogen-bond acceptors (Lipinski definition) is 4. The summed E-state index contributed by atoms with van der Waals surface area (Å²) in [4.78, 5) is 25.8. The van der Waals surface area contributed by atoms with Gasteiger partial charge in [0.05, 0.1) is 16.6 Å². The number of hydrogen-bond donors (Lipinski definition) is 0. The Balaban J connectivity index is 1.86. The third-order valence-corrected chi connectivity index (χ3v) is 3.50. The zero-order chi connectivity index (χ0) is 14.4. The highest BCUT2D eigenvalue weighted by atomic mass is 16.2. The number of amides is 2. The topological polar surface area (TPSA) is 63.2 Å². The van der Waals surface area contributed by atoms with E-state index in [1.807, 2.05) is 24.3 Å². The summed E-state index contributed by atoms with van der Waals surface area (Å²) in [6, 6.07) is 15.9. The van der Waals surface area contributed by atoms with Crippen molar-refractivity contribution in [3.63, 3.8) is 0 Å². The molecule has 0 bridgehead atoms. The Morgan fingerprint density at radius 3 is 2.10 bits per heavy atom. The predicted octanol–water partition coefficient (Wildman–Crippen LogP) is 2.43. The quantitative estimate of drug-likeness (QED) is 0.640. The van der Waals surface area contributed by atoms with Crippen molar-refractivity contribution in [1.82, 2.24) is 10.2 Å². The third-order valence-electron chi connectivity index (χ3n) is 3.50. The molecule has 1 aromatic heterocycles. The summed E-state index contributed by atoms with van der Waals surface area (Å²) in [6.07, 6.45) is 0. The molecule has 5 nitrogen and oxygen atoms in total. The van der Waals surface area contributed by atoms with E-state index in [0.717, 1.165) is 15.8 Å². The summed E-state index contributed by atoms with van der Waals surface area (Å²) >= 11 is 0. The molecule has 0 saturated carbocycles. The van der Waals surface area contributed by atoms with Crippen LogP contribution < -0.4 is 4.90 Å². The van der Waals surface area contributed by atoms with Gasteiger partial charge in [-0.2, -0.15) is 0 Å². The van der Waals surface area contributed by atoms with Gasteiger partial charge in [-0.1, -0.05) is 30.3 Å². The highest BCUT2D eigenvalue weighted by Gasteiger charge is 2.37. The Morgan fingerprint density at radius 2 is 1.38 bits per heavy atom. The molecule has 0 aliphatic carbocycles. The number of rotatable bonds is 1. The molecule has 2 aromatic carbocycles. The second-order valence-electron chi connectivity index (χ2n) is 4.75. The van der Waals surface area contributed by atoms with Crippen molar-refractivity contribution < 1.29 is 9.59 Å². The zero-order valence-corrected chi connectivity index (χ0v) is 10.9. The first-order valence-electron chi connectivity index (χ1n) is 6.46. The highest BCUT2D eigenvalue weighted by Crippen LogP contribution is 2.27. The largest absolute Gasteiger partial charge is 0.268 e. The van der Waals surface area contributed by atoms with Crippen LogP contribution in [0.25, 0.3) is 10.9 Å². The average Bonchev–Trinajstić information content (AvgIpc) is 2.79. The summed E-state index contributed by atoms with van der Waals surface area (Å²) in [7, 11) is 0. The fourth-order valence-electron chi connectivity index (χ4n) is 2.48. The van der Waals surface area contributed by atoms with Gasteiger partial charge in [-0.15, -0.1) is 10.2 Å². The fourth-order valence-corrected chi connectivity index (χ4v) is 2.48.